The molecule has 1 aromatic carbocycles. The molecular formula is C22H30N4O2. The molecule has 2 aromatic rings. The van der Waals surface area contributed by atoms with Crippen LogP contribution in [0.25, 0.3) is 5.69 Å². The van der Waals surface area contributed by atoms with E-state index in [-0.39, 0.29) is 11.8 Å². The molecule has 2 amide bonds. The molecular weight excluding hydrogens is 352 g/mol. The van der Waals surface area contributed by atoms with Gasteiger partial charge in [0.25, 0.3) is 5.91 Å². The minimum absolute atomic E-state index is 0.0247. The molecule has 0 saturated carbocycles. The van der Waals surface area contributed by atoms with Gasteiger partial charge in [0.2, 0.25) is 5.91 Å². The summed E-state index contributed by atoms with van der Waals surface area (Å²) >= 11 is 0. The molecule has 28 heavy (non-hydrogen) atoms. The number of piperazine rings is 1. The molecule has 1 aliphatic rings. The Balaban J connectivity index is 1.72. The van der Waals surface area contributed by atoms with Crippen LogP contribution in [0.1, 0.15) is 30.6 Å². The lowest BCUT2D eigenvalue weighted by Crippen LogP contribution is -2.54. The summed E-state index contributed by atoms with van der Waals surface area (Å²) in [7, 11) is 2.06. The number of carbonyl (C=O) groups is 2. The summed E-state index contributed by atoms with van der Waals surface area (Å²) in [4.78, 5) is 30.0. The van der Waals surface area contributed by atoms with E-state index in [4.69, 9.17) is 0 Å². The third kappa shape index (κ3) is 5.01. The molecule has 1 N–H and O–H groups in total. The van der Waals surface area contributed by atoms with E-state index in [0.717, 1.165) is 18.8 Å². The van der Waals surface area contributed by atoms with E-state index >= 15 is 0 Å². The largest absolute Gasteiger partial charge is 0.340 e. The first-order valence-corrected chi connectivity index (χ1v) is 9.95. The van der Waals surface area contributed by atoms with Gasteiger partial charge in [-0.1, -0.05) is 19.9 Å². The highest BCUT2D eigenvalue weighted by atomic mass is 16.2. The Bertz CT molecular complexity index is 793. The molecule has 0 aliphatic carbocycles. The van der Waals surface area contributed by atoms with Crippen molar-refractivity contribution in [2.75, 3.05) is 33.2 Å². The van der Waals surface area contributed by atoms with Gasteiger partial charge < -0.3 is 19.7 Å². The van der Waals surface area contributed by atoms with E-state index in [9.17, 15) is 9.59 Å². The summed E-state index contributed by atoms with van der Waals surface area (Å²) in [6.45, 7) is 7.30. The third-order valence-corrected chi connectivity index (χ3v) is 5.14. The van der Waals surface area contributed by atoms with Crippen LogP contribution < -0.4 is 5.32 Å². The van der Waals surface area contributed by atoms with Crippen molar-refractivity contribution >= 4 is 11.8 Å². The van der Waals surface area contributed by atoms with Gasteiger partial charge in [0, 0.05) is 49.8 Å². The molecule has 2 heterocycles. The number of carbonyl (C=O) groups excluding carboxylic acids is 2. The van der Waals surface area contributed by atoms with Crippen LogP contribution in [-0.2, 0) is 4.79 Å². The maximum Gasteiger partial charge on any atom is 0.252 e. The average Bonchev–Trinajstić information content (AvgIpc) is 3.22. The number of benzene rings is 1. The number of rotatable bonds is 6. The van der Waals surface area contributed by atoms with Crippen LogP contribution in [0, 0.1) is 5.92 Å². The number of hydrogen-bond donors (Lipinski definition) is 1. The van der Waals surface area contributed by atoms with Gasteiger partial charge in [-0.25, -0.2) is 0 Å². The van der Waals surface area contributed by atoms with Crippen molar-refractivity contribution in [1.82, 2.24) is 19.7 Å². The number of amides is 2. The van der Waals surface area contributed by atoms with Gasteiger partial charge in [0.05, 0.1) is 0 Å². The molecule has 6 nitrogen and oxygen atoms in total. The van der Waals surface area contributed by atoms with E-state index in [0.29, 0.717) is 31.0 Å². The Morgan fingerprint density at radius 1 is 1.04 bits per heavy atom. The van der Waals surface area contributed by atoms with E-state index in [1.54, 1.807) is 6.07 Å². The Morgan fingerprint density at radius 3 is 2.36 bits per heavy atom. The number of likely N-dealkylation sites (N-methyl/N-ethyl adjacent to an activating group) is 1. The summed E-state index contributed by atoms with van der Waals surface area (Å²) in [5, 5.41) is 2.99. The van der Waals surface area contributed by atoms with Crippen molar-refractivity contribution in [2.24, 2.45) is 5.92 Å². The normalized spacial score (nSPS) is 16.2. The minimum atomic E-state index is -0.494. The molecule has 0 spiro atoms. The summed E-state index contributed by atoms with van der Waals surface area (Å²) in [6, 6.07) is 10.9. The SMILES string of the molecule is CC(C)C[C@H](NC(=O)c1cccc(-n2cccc2)c1)C(=O)N1CCN(C)CC1. The first kappa shape index (κ1) is 20.1. The standard InChI is InChI=1S/C22H30N4O2/c1-17(2)15-20(22(28)26-13-11-24(3)12-14-26)23-21(27)18-7-6-8-19(16-18)25-9-4-5-10-25/h4-10,16-17,20H,11-15H2,1-3H3,(H,23,27)/t20-/m0/s1. The zero-order chi connectivity index (χ0) is 20.1. The Kier molecular flexibility index (Phi) is 6.52. The molecule has 6 heteroatoms. The lowest BCUT2D eigenvalue weighted by atomic mass is 10.0. The molecule has 0 radical (unpaired) electrons. The number of aromatic nitrogens is 1. The summed E-state index contributed by atoms with van der Waals surface area (Å²) in [5.74, 6) is 0.131. The van der Waals surface area contributed by atoms with E-state index < -0.39 is 6.04 Å². The summed E-state index contributed by atoms with van der Waals surface area (Å²) < 4.78 is 1.96. The second kappa shape index (κ2) is 9.06. The van der Waals surface area contributed by atoms with Crippen molar-refractivity contribution in [1.29, 1.82) is 0 Å². The second-order valence-electron chi connectivity index (χ2n) is 7.92. The van der Waals surface area contributed by atoms with Crippen LogP contribution in [0.3, 0.4) is 0 Å². The molecule has 150 valence electrons. The quantitative estimate of drug-likeness (QED) is 0.835. The molecule has 0 bridgehead atoms. The maximum atomic E-state index is 13.0. The Morgan fingerprint density at radius 2 is 1.71 bits per heavy atom. The molecule has 1 fully saturated rings. The van der Waals surface area contributed by atoms with Crippen LogP contribution in [0.15, 0.2) is 48.8 Å². The van der Waals surface area contributed by atoms with Gasteiger partial charge >= 0.3 is 0 Å². The van der Waals surface area contributed by atoms with Crippen LogP contribution in [0.2, 0.25) is 0 Å². The Labute approximate surface area is 167 Å². The fraction of sp³-hybridized carbons (Fsp3) is 0.455. The smallest absolute Gasteiger partial charge is 0.252 e. The predicted molar refractivity (Wildman–Crippen MR) is 111 cm³/mol. The van der Waals surface area contributed by atoms with Crippen molar-refractivity contribution in [3.8, 4) is 5.69 Å². The average molecular weight is 383 g/mol. The maximum absolute atomic E-state index is 13.0. The van der Waals surface area contributed by atoms with Crippen molar-refractivity contribution in [2.45, 2.75) is 26.3 Å². The fourth-order valence-corrected chi connectivity index (χ4v) is 3.50. The number of nitrogens with one attached hydrogen (secondary N) is 1. The van der Waals surface area contributed by atoms with Crippen molar-refractivity contribution < 1.29 is 9.59 Å². The first-order chi connectivity index (χ1) is 13.4. The highest BCUT2D eigenvalue weighted by Gasteiger charge is 2.28. The molecule has 1 aliphatic heterocycles. The minimum Gasteiger partial charge on any atom is -0.340 e. The first-order valence-electron chi connectivity index (χ1n) is 9.95. The highest BCUT2D eigenvalue weighted by molar-refractivity contribution is 5.98. The van der Waals surface area contributed by atoms with Crippen LogP contribution in [0.5, 0.6) is 0 Å². The van der Waals surface area contributed by atoms with Crippen LogP contribution in [-0.4, -0.2) is 65.4 Å². The van der Waals surface area contributed by atoms with Gasteiger partial charge in [-0.15, -0.1) is 0 Å². The Hall–Kier alpha value is -2.60. The van der Waals surface area contributed by atoms with Gasteiger partial charge in [0.1, 0.15) is 6.04 Å². The molecule has 3 rings (SSSR count). The third-order valence-electron chi connectivity index (χ3n) is 5.14. The summed E-state index contributed by atoms with van der Waals surface area (Å²) in [5.41, 5.74) is 1.48. The van der Waals surface area contributed by atoms with Gasteiger partial charge in [-0.05, 0) is 49.7 Å². The zero-order valence-electron chi connectivity index (χ0n) is 17.0. The summed E-state index contributed by atoms with van der Waals surface area (Å²) in [6.07, 6.45) is 4.51. The molecule has 1 aromatic heterocycles. The van der Waals surface area contributed by atoms with Crippen LogP contribution >= 0.6 is 0 Å². The molecule has 0 unspecified atom stereocenters. The molecule has 1 atom stereocenters. The van der Waals surface area contributed by atoms with Gasteiger partial charge in [0.15, 0.2) is 0 Å². The number of hydrogen-bond acceptors (Lipinski definition) is 3. The predicted octanol–water partition coefficient (Wildman–Crippen LogP) is 2.40. The van der Waals surface area contributed by atoms with E-state index in [1.807, 2.05) is 52.2 Å². The van der Waals surface area contributed by atoms with Crippen molar-refractivity contribution in [3.63, 3.8) is 0 Å². The monoisotopic (exact) mass is 382 g/mol. The second-order valence-corrected chi connectivity index (χ2v) is 7.92. The lowest BCUT2D eigenvalue weighted by Gasteiger charge is -2.35. The lowest BCUT2D eigenvalue weighted by molar-refractivity contribution is -0.135. The topological polar surface area (TPSA) is 57.6 Å². The van der Waals surface area contributed by atoms with Crippen LogP contribution in [0.4, 0.5) is 0 Å². The fourth-order valence-electron chi connectivity index (χ4n) is 3.50. The zero-order valence-corrected chi connectivity index (χ0v) is 17.0. The van der Waals surface area contributed by atoms with Gasteiger partial charge in [-0.2, -0.15) is 0 Å². The van der Waals surface area contributed by atoms with E-state index in [1.165, 1.54) is 0 Å². The van der Waals surface area contributed by atoms with Crippen molar-refractivity contribution in [3.05, 3.63) is 54.4 Å². The molecule has 1 saturated heterocycles. The highest BCUT2D eigenvalue weighted by Crippen LogP contribution is 2.14. The van der Waals surface area contributed by atoms with E-state index in [2.05, 4.69) is 31.1 Å². The van der Waals surface area contributed by atoms with Gasteiger partial charge in [-0.3, -0.25) is 9.59 Å². The number of nitrogens with zero attached hydrogens (tertiary/aromatic N) is 3.